The molecule has 1 N–H and O–H groups in total. The molecule has 2 aliphatic heterocycles. The number of likely N-dealkylation sites (N-methyl/N-ethyl adjacent to an activating group) is 1. The lowest BCUT2D eigenvalue weighted by Crippen LogP contribution is -2.49. The van der Waals surface area contributed by atoms with E-state index in [2.05, 4.69) is 64.0 Å². The van der Waals surface area contributed by atoms with Crippen LogP contribution in [0.15, 0.2) is 18.2 Å². The molecule has 0 bridgehead atoms. The number of aromatic nitrogens is 1. The second-order valence-corrected chi connectivity index (χ2v) is 8.91. The topological polar surface area (TPSA) is 51.7 Å². The van der Waals surface area contributed by atoms with E-state index in [1.54, 1.807) is 0 Å². The Hall–Kier alpha value is -1.50. The highest BCUT2D eigenvalue weighted by molar-refractivity contribution is 5.78. The zero-order chi connectivity index (χ0) is 21.3. The van der Waals surface area contributed by atoms with Gasteiger partial charge in [0.1, 0.15) is 0 Å². The zero-order valence-electron chi connectivity index (χ0n) is 19.3. The highest BCUT2D eigenvalue weighted by atomic mass is 16.1. The van der Waals surface area contributed by atoms with Crippen molar-refractivity contribution in [2.24, 2.45) is 5.92 Å². The van der Waals surface area contributed by atoms with E-state index in [0.717, 1.165) is 77.4 Å². The second kappa shape index (κ2) is 11.8. The number of nitrogens with one attached hydrogen (secondary N) is 1. The molecule has 0 saturated carbocycles. The number of nitrogens with zero attached hydrogens (tertiary/aromatic N) is 4. The molecule has 168 valence electrons. The Balaban J connectivity index is 1.34. The van der Waals surface area contributed by atoms with Gasteiger partial charge in [0, 0.05) is 50.4 Å². The summed E-state index contributed by atoms with van der Waals surface area (Å²) in [6, 6.07) is 6.98. The molecule has 1 aromatic rings. The van der Waals surface area contributed by atoms with Crippen LogP contribution in [-0.2, 0) is 11.3 Å². The molecule has 1 aromatic heterocycles. The molecule has 6 nitrogen and oxygen atoms in total. The fourth-order valence-corrected chi connectivity index (χ4v) is 4.91. The first-order chi connectivity index (χ1) is 14.6. The fraction of sp³-hybridized carbons (Fsp3) is 0.750. The minimum atomic E-state index is 0.199. The molecule has 0 atom stereocenters. The van der Waals surface area contributed by atoms with Crippen LogP contribution in [0.5, 0.6) is 0 Å². The molecule has 0 spiro atoms. The van der Waals surface area contributed by atoms with E-state index < -0.39 is 0 Å². The molecule has 0 unspecified atom stereocenters. The van der Waals surface area contributed by atoms with Gasteiger partial charge >= 0.3 is 0 Å². The Labute approximate surface area is 183 Å². The van der Waals surface area contributed by atoms with Crippen LogP contribution >= 0.6 is 0 Å². The van der Waals surface area contributed by atoms with Gasteiger partial charge in [0.2, 0.25) is 5.91 Å². The summed E-state index contributed by atoms with van der Waals surface area (Å²) >= 11 is 0. The number of piperidine rings is 2. The Kier molecular flexibility index (Phi) is 9.09. The highest BCUT2D eigenvalue weighted by Gasteiger charge is 2.30. The summed E-state index contributed by atoms with van der Waals surface area (Å²) in [6.07, 6.45) is 4.47. The highest BCUT2D eigenvalue weighted by Crippen LogP contribution is 2.24. The van der Waals surface area contributed by atoms with Crippen LogP contribution in [-0.4, -0.2) is 84.0 Å². The predicted octanol–water partition coefficient (Wildman–Crippen LogP) is 2.52. The summed E-state index contributed by atoms with van der Waals surface area (Å²) in [6.45, 7) is 15.6. The quantitative estimate of drug-likeness (QED) is 0.672. The standard InChI is InChI=1S/C24H41N5O/c1-4-27(5-2)18-13-25-24(30)21-9-16-29(17-10-21)23-11-14-28(15-12-23)19-22-8-6-7-20(3)26-22/h6-8,21,23H,4-5,9-19H2,1-3H3,(H,25,30). The van der Waals surface area contributed by atoms with Crippen molar-refractivity contribution in [2.75, 3.05) is 52.4 Å². The monoisotopic (exact) mass is 415 g/mol. The number of hydrogen-bond donors (Lipinski definition) is 1. The summed E-state index contributed by atoms with van der Waals surface area (Å²) in [7, 11) is 0. The van der Waals surface area contributed by atoms with E-state index in [1.165, 1.54) is 18.5 Å². The van der Waals surface area contributed by atoms with Crippen molar-refractivity contribution in [3.05, 3.63) is 29.6 Å². The molecular weight excluding hydrogens is 374 g/mol. The molecule has 0 radical (unpaired) electrons. The van der Waals surface area contributed by atoms with Gasteiger partial charge in [-0.15, -0.1) is 0 Å². The first-order valence-electron chi connectivity index (χ1n) is 12.0. The Bertz CT molecular complexity index is 647. The van der Waals surface area contributed by atoms with Crippen LogP contribution in [0.25, 0.3) is 0 Å². The van der Waals surface area contributed by atoms with Crippen LogP contribution in [0, 0.1) is 12.8 Å². The smallest absolute Gasteiger partial charge is 0.223 e. The molecule has 6 heteroatoms. The lowest BCUT2D eigenvalue weighted by molar-refractivity contribution is -0.126. The van der Waals surface area contributed by atoms with Crippen molar-refractivity contribution in [2.45, 2.75) is 59.0 Å². The Morgan fingerprint density at radius 2 is 1.80 bits per heavy atom. The minimum absolute atomic E-state index is 0.199. The minimum Gasteiger partial charge on any atom is -0.355 e. The normalized spacial score (nSPS) is 20.0. The average Bonchev–Trinajstić information content (AvgIpc) is 2.77. The van der Waals surface area contributed by atoms with Crippen molar-refractivity contribution >= 4 is 5.91 Å². The SMILES string of the molecule is CCN(CC)CCNC(=O)C1CCN(C2CCN(Cc3cccc(C)n3)CC2)CC1. The molecule has 3 heterocycles. The number of amides is 1. The van der Waals surface area contributed by atoms with Crippen LogP contribution in [0.3, 0.4) is 0 Å². The Morgan fingerprint density at radius 3 is 2.43 bits per heavy atom. The molecule has 2 aliphatic rings. The van der Waals surface area contributed by atoms with Gasteiger partial charge in [0.25, 0.3) is 0 Å². The fourth-order valence-electron chi connectivity index (χ4n) is 4.91. The summed E-state index contributed by atoms with van der Waals surface area (Å²) in [4.78, 5) is 24.7. The first-order valence-corrected chi connectivity index (χ1v) is 12.0. The third-order valence-corrected chi connectivity index (χ3v) is 6.93. The summed E-state index contributed by atoms with van der Waals surface area (Å²) in [5.74, 6) is 0.465. The van der Waals surface area contributed by atoms with Gasteiger partial charge in [0.05, 0.1) is 5.69 Å². The molecule has 2 saturated heterocycles. The molecule has 30 heavy (non-hydrogen) atoms. The molecular formula is C24H41N5O. The van der Waals surface area contributed by atoms with Crippen molar-refractivity contribution in [1.82, 2.24) is 25.0 Å². The second-order valence-electron chi connectivity index (χ2n) is 8.91. The predicted molar refractivity (Wildman–Crippen MR) is 122 cm³/mol. The number of carbonyl (C=O) groups is 1. The van der Waals surface area contributed by atoms with Crippen molar-refractivity contribution in [1.29, 1.82) is 0 Å². The molecule has 2 fully saturated rings. The molecule has 0 aromatic carbocycles. The van der Waals surface area contributed by atoms with E-state index in [0.29, 0.717) is 6.04 Å². The third kappa shape index (κ3) is 6.76. The van der Waals surface area contributed by atoms with Gasteiger partial charge in [-0.05, 0) is 70.9 Å². The van der Waals surface area contributed by atoms with E-state index in [4.69, 9.17) is 0 Å². The van der Waals surface area contributed by atoms with Gasteiger partial charge in [-0.3, -0.25) is 14.7 Å². The number of rotatable bonds is 9. The van der Waals surface area contributed by atoms with Crippen LogP contribution in [0.2, 0.25) is 0 Å². The van der Waals surface area contributed by atoms with Gasteiger partial charge in [-0.2, -0.15) is 0 Å². The number of hydrogen-bond acceptors (Lipinski definition) is 5. The number of pyridine rings is 1. The summed E-state index contributed by atoms with van der Waals surface area (Å²) < 4.78 is 0. The lowest BCUT2D eigenvalue weighted by Gasteiger charge is -2.41. The zero-order valence-corrected chi connectivity index (χ0v) is 19.3. The van der Waals surface area contributed by atoms with E-state index in [9.17, 15) is 4.79 Å². The summed E-state index contributed by atoms with van der Waals surface area (Å²) in [5.41, 5.74) is 2.28. The van der Waals surface area contributed by atoms with E-state index in [1.807, 2.05) is 0 Å². The van der Waals surface area contributed by atoms with Gasteiger partial charge < -0.3 is 15.1 Å². The molecule has 3 rings (SSSR count). The largest absolute Gasteiger partial charge is 0.355 e. The van der Waals surface area contributed by atoms with E-state index >= 15 is 0 Å². The van der Waals surface area contributed by atoms with Gasteiger partial charge in [-0.1, -0.05) is 19.9 Å². The Morgan fingerprint density at radius 1 is 1.10 bits per heavy atom. The van der Waals surface area contributed by atoms with Crippen LogP contribution < -0.4 is 5.32 Å². The van der Waals surface area contributed by atoms with E-state index in [-0.39, 0.29) is 11.8 Å². The van der Waals surface area contributed by atoms with Crippen molar-refractivity contribution < 1.29 is 4.79 Å². The third-order valence-electron chi connectivity index (χ3n) is 6.93. The molecule has 1 amide bonds. The maximum Gasteiger partial charge on any atom is 0.223 e. The van der Waals surface area contributed by atoms with Crippen LogP contribution in [0.4, 0.5) is 0 Å². The maximum absolute atomic E-state index is 12.5. The lowest BCUT2D eigenvalue weighted by atomic mass is 9.92. The number of likely N-dealkylation sites (tertiary alicyclic amines) is 2. The average molecular weight is 416 g/mol. The van der Waals surface area contributed by atoms with Gasteiger partial charge in [-0.25, -0.2) is 0 Å². The number of aryl methyl sites for hydroxylation is 1. The van der Waals surface area contributed by atoms with Crippen molar-refractivity contribution in [3.63, 3.8) is 0 Å². The maximum atomic E-state index is 12.5. The van der Waals surface area contributed by atoms with Gasteiger partial charge in [0.15, 0.2) is 0 Å². The first kappa shape index (κ1) is 23.2. The van der Waals surface area contributed by atoms with Crippen molar-refractivity contribution in [3.8, 4) is 0 Å². The molecule has 0 aliphatic carbocycles. The van der Waals surface area contributed by atoms with Crippen LogP contribution in [0.1, 0.15) is 50.9 Å². The summed E-state index contributed by atoms with van der Waals surface area (Å²) in [5, 5.41) is 3.17. The number of carbonyl (C=O) groups excluding carboxylic acids is 1.